The van der Waals surface area contributed by atoms with E-state index in [-0.39, 0.29) is 16.6 Å². The van der Waals surface area contributed by atoms with Gasteiger partial charge in [-0.05, 0) is 76.1 Å². The summed E-state index contributed by atoms with van der Waals surface area (Å²) in [6.45, 7) is 13.2. The van der Waals surface area contributed by atoms with Crippen molar-refractivity contribution in [3.8, 4) is 39.5 Å². The van der Waals surface area contributed by atoms with Crippen LogP contribution in [-0.4, -0.2) is 20.1 Å². The third-order valence-corrected chi connectivity index (χ3v) is 5.83. The van der Waals surface area contributed by atoms with E-state index in [2.05, 4.69) is 86.8 Å². The van der Waals surface area contributed by atoms with E-state index in [1.807, 2.05) is 18.2 Å². The lowest BCUT2D eigenvalue weighted by Gasteiger charge is -2.21. The number of benzene rings is 2. The second-order valence-electron chi connectivity index (χ2n) is 10.4. The van der Waals surface area contributed by atoms with Gasteiger partial charge in [0.25, 0.3) is 0 Å². The summed E-state index contributed by atoms with van der Waals surface area (Å²) in [5, 5.41) is 10.5. The molecule has 0 aliphatic heterocycles. The summed E-state index contributed by atoms with van der Waals surface area (Å²) in [5.74, 6) is 0.275. The predicted octanol–water partition coefficient (Wildman–Crippen LogP) is 7.11. The number of nitrogens with zero attached hydrogens (tertiary/aromatic N) is 2. The first-order valence-corrected chi connectivity index (χ1v) is 11.0. The van der Waals surface area contributed by atoms with Crippen molar-refractivity contribution in [1.82, 2.24) is 15.0 Å². The molecular weight excluding hydrogens is 394 g/mol. The molecule has 0 unspecified atom stereocenters. The Morgan fingerprint density at radius 2 is 1.41 bits per heavy atom. The van der Waals surface area contributed by atoms with Gasteiger partial charge in [0, 0.05) is 28.7 Å². The van der Waals surface area contributed by atoms with Gasteiger partial charge in [0.1, 0.15) is 12.1 Å². The second kappa shape index (κ2) is 7.94. The molecule has 0 bridgehead atoms. The first-order valence-electron chi connectivity index (χ1n) is 11.0. The van der Waals surface area contributed by atoms with E-state index in [1.165, 1.54) is 11.1 Å². The maximum atomic E-state index is 10.5. The zero-order valence-corrected chi connectivity index (χ0v) is 19.7. The molecule has 164 valence electrons. The highest BCUT2D eigenvalue weighted by Gasteiger charge is 2.19. The van der Waals surface area contributed by atoms with Gasteiger partial charge in [-0.3, -0.25) is 0 Å². The molecule has 0 spiro atoms. The first kappa shape index (κ1) is 21.8. The monoisotopic (exact) mass is 425 g/mol. The van der Waals surface area contributed by atoms with E-state index in [1.54, 1.807) is 18.6 Å². The summed E-state index contributed by atoms with van der Waals surface area (Å²) in [6.07, 6.45) is 3.35. The third kappa shape index (κ3) is 4.45. The Kier molecular flexibility index (Phi) is 5.41. The molecule has 2 heterocycles. The Hall–Kier alpha value is -3.40. The number of hydrogen-bond donors (Lipinski definition) is 2. The van der Waals surface area contributed by atoms with E-state index >= 15 is 0 Å². The van der Waals surface area contributed by atoms with Gasteiger partial charge in [0.05, 0.1) is 5.69 Å². The molecule has 0 amide bonds. The van der Waals surface area contributed by atoms with E-state index in [0.29, 0.717) is 0 Å². The molecule has 4 rings (SSSR count). The number of rotatable bonds is 3. The number of phenols is 1. The fourth-order valence-electron chi connectivity index (χ4n) is 3.76. The van der Waals surface area contributed by atoms with Crippen molar-refractivity contribution in [2.75, 3.05) is 0 Å². The number of aromatic amines is 1. The van der Waals surface area contributed by atoms with Crippen molar-refractivity contribution < 1.29 is 5.11 Å². The molecule has 32 heavy (non-hydrogen) atoms. The van der Waals surface area contributed by atoms with Crippen LogP contribution in [0.3, 0.4) is 0 Å². The number of aromatic hydroxyl groups is 1. The lowest BCUT2D eigenvalue weighted by atomic mass is 9.84. The summed E-state index contributed by atoms with van der Waals surface area (Å²) in [5.41, 5.74) is 8.17. The van der Waals surface area contributed by atoms with Gasteiger partial charge in [-0.25, -0.2) is 9.97 Å². The average Bonchev–Trinajstić information content (AvgIpc) is 3.23. The van der Waals surface area contributed by atoms with Crippen LogP contribution in [-0.2, 0) is 10.8 Å². The van der Waals surface area contributed by atoms with Gasteiger partial charge in [0.15, 0.2) is 0 Å². The third-order valence-electron chi connectivity index (χ3n) is 5.83. The van der Waals surface area contributed by atoms with Crippen molar-refractivity contribution in [1.29, 1.82) is 0 Å². The molecule has 2 aromatic heterocycles. The van der Waals surface area contributed by atoms with Crippen molar-refractivity contribution in [3.05, 3.63) is 78.2 Å². The van der Waals surface area contributed by atoms with Crippen LogP contribution in [0.5, 0.6) is 5.75 Å². The first-order chi connectivity index (χ1) is 15.0. The summed E-state index contributed by atoms with van der Waals surface area (Å²) >= 11 is 0. The highest BCUT2D eigenvalue weighted by Crippen LogP contribution is 2.37. The van der Waals surface area contributed by atoms with Crippen LogP contribution in [0.15, 0.2) is 67.1 Å². The van der Waals surface area contributed by atoms with Crippen molar-refractivity contribution in [3.63, 3.8) is 0 Å². The number of nitrogens with one attached hydrogen (secondary N) is 1. The molecule has 0 saturated heterocycles. The van der Waals surface area contributed by atoms with E-state index < -0.39 is 0 Å². The Morgan fingerprint density at radius 3 is 2.06 bits per heavy atom. The number of phenolic OH excluding ortho intramolecular Hbond substituents is 1. The van der Waals surface area contributed by atoms with Crippen LogP contribution in [0.2, 0.25) is 0 Å². The zero-order chi connectivity index (χ0) is 23.1. The highest BCUT2D eigenvalue weighted by molar-refractivity contribution is 5.76. The molecule has 0 radical (unpaired) electrons. The lowest BCUT2D eigenvalue weighted by molar-refractivity contribution is 0.476. The molecule has 0 fully saturated rings. The van der Waals surface area contributed by atoms with Crippen LogP contribution in [0.4, 0.5) is 0 Å². The summed E-state index contributed by atoms with van der Waals surface area (Å²) < 4.78 is 0. The predicted molar refractivity (Wildman–Crippen MR) is 132 cm³/mol. The van der Waals surface area contributed by atoms with Gasteiger partial charge in [-0.15, -0.1) is 0 Å². The lowest BCUT2D eigenvalue weighted by Crippen LogP contribution is -2.11. The van der Waals surface area contributed by atoms with Crippen LogP contribution < -0.4 is 0 Å². The minimum Gasteiger partial charge on any atom is -0.507 e. The van der Waals surface area contributed by atoms with E-state index in [4.69, 9.17) is 0 Å². The molecule has 2 N–H and O–H groups in total. The van der Waals surface area contributed by atoms with Crippen LogP contribution in [0.25, 0.3) is 33.8 Å². The molecule has 4 aromatic rings. The normalized spacial score (nSPS) is 12.2. The van der Waals surface area contributed by atoms with E-state index in [0.717, 1.165) is 33.8 Å². The maximum absolute atomic E-state index is 10.5. The summed E-state index contributed by atoms with van der Waals surface area (Å²) in [6, 6.07) is 18.5. The van der Waals surface area contributed by atoms with Crippen molar-refractivity contribution >= 4 is 0 Å². The fraction of sp³-hybridized carbons (Fsp3) is 0.286. The van der Waals surface area contributed by atoms with Gasteiger partial charge >= 0.3 is 0 Å². The van der Waals surface area contributed by atoms with Gasteiger partial charge < -0.3 is 10.1 Å². The van der Waals surface area contributed by atoms with Crippen molar-refractivity contribution in [2.45, 2.75) is 52.4 Å². The van der Waals surface area contributed by atoms with Crippen LogP contribution in [0, 0.1) is 0 Å². The minimum atomic E-state index is -0.00742. The summed E-state index contributed by atoms with van der Waals surface area (Å²) in [7, 11) is 0. The topological polar surface area (TPSA) is 61.8 Å². The smallest absolute Gasteiger partial charge is 0.124 e. The van der Waals surface area contributed by atoms with Gasteiger partial charge in [-0.1, -0.05) is 47.6 Å². The quantitative estimate of drug-likeness (QED) is 0.368. The number of hydrogen-bond acceptors (Lipinski definition) is 3. The Bertz CT molecular complexity index is 1240. The average molecular weight is 426 g/mol. The molecule has 2 aromatic carbocycles. The van der Waals surface area contributed by atoms with E-state index in [9.17, 15) is 5.11 Å². The SMILES string of the molecule is CC(C)(C)c1cc(-c2ccncn2)cc(-c2ccc(-c3cc(C(C)(C)C)ccc3O)[nH]2)c1. The molecule has 0 aliphatic rings. The Morgan fingerprint density at radius 1 is 0.719 bits per heavy atom. The highest BCUT2D eigenvalue weighted by atomic mass is 16.3. The van der Waals surface area contributed by atoms with Crippen molar-refractivity contribution in [2.24, 2.45) is 0 Å². The molecule has 4 heteroatoms. The zero-order valence-electron chi connectivity index (χ0n) is 19.7. The second-order valence-corrected chi connectivity index (χ2v) is 10.4. The van der Waals surface area contributed by atoms with Gasteiger partial charge in [0.2, 0.25) is 0 Å². The molecule has 0 aliphatic carbocycles. The van der Waals surface area contributed by atoms with Crippen LogP contribution in [0.1, 0.15) is 52.7 Å². The Balaban J connectivity index is 1.81. The largest absolute Gasteiger partial charge is 0.507 e. The van der Waals surface area contributed by atoms with Gasteiger partial charge in [-0.2, -0.15) is 0 Å². The summed E-state index contributed by atoms with van der Waals surface area (Å²) in [4.78, 5) is 12.0. The fourth-order valence-corrected chi connectivity index (χ4v) is 3.76. The molecule has 0 saturated carbocycles. The maximum Gasteiger partial charge on any atom is 0.124 e. The van der Waals surface area contributed by atoms with Crippen LogP contribution >= 0.6 is 0 Å². The Labute approximate surface area is 190 Å². The number of aromatic nitrogens is 3. The molecule has 4 nitrogen and oxygen atoms in total. The molecule has 0 atom stereocenters. The standard InChI is InChI=1S/C28H31N3O/c1-27(2,3)20-7-10-26(32)22(16-20)25-9-8-24(31-25)19-13-18(23-11-12-29-17-30-23)14-21(15-19)28(4,5)6/h7-17,31-32H,1-6H3. The molecular formula is C28H31N3O. The minimum absolute atomic E-state index is 0.00531. The number of H-pyrrole nitrogens is 1.